The van der Waals surface area contributed by atoms with Gasteiger partial charge in [0.1, 0.15) is 5.75 Å². The van der Waals surface area contributed by atoms with Crippen LogP contribution in [0.15, 0.2) is 12.1 Å². The van der Waals surface area contributed by atoms with Crippen LogP contribution >= 0.6 is 11.6 Å². The fourth-order valence-electron chi connectivity index (χ4n) is 1.46. The maximum Gasteiger partial charge on any atom is 0.124 e. The molecule has 0 spiro atoms. The second-order valence-electron chi connectivity index (χ2n) is 3.47. The first-order valence-electron chi connectivity index (χ1n) is 5.18. The molecule has 0 radical (unpaired) electrons. The Morgan fingerprint density at radius 1 is 1.56 bits per heavy atom. The zero-order valence-corrected chi connectivity index (χ0v) is 10.2. The summed E-state index contributed by atoms with van der Waals surface area (Å²) >= 11 is 6.06. The Morgan fingerprint density at radius 2 is 2.25 bits per heavy atom. The molecule has 3 nitrogen and oxygen atoms in total. The summed E-state index contributed by atoms with van der Waals surface area (Å²) in [6.45, 7) is 4.63. The third-order valence-electron chi connectivity index (χ3n) is 2.36. The minimum atomic E-state index is -0.245. The number of hydrogen-bond acceptors (Lipinski definition) is 3. The van der Waals surface area contributed by atoms with Crippen LogP contribution in [0, 0.1) is 11.3 Å². The molecule has 1 atom stereocenters. The molecule has 1 aromatic rings. The summed E-state index contributed by atoms with van der Waals surface area (Å²) in [5.41, 5.74) is 7.21. The lowest BCUT2D eigenvalue weighted by atomic mass is 9.99. The van der Waals surface area contributed by atoms with Gasteiger partial charge in [0.25, 0.3) is 0 Å². The third kappa shape index (κ3) is 2.66. The standard InChI is InChI=1S/C12H15ClN2O/c1-3-16-12-4-9(7-15)11(13)5-10(12)8(2)6-14/h4-5,8H,3,7,15H2,1-2H3. The largest absolute Gasteiger partial charge is 0.494 e. The molecule has 0 amide bonds. The number of halogens is 1. The molecular weight excluding hydrogens is 224 g/mol. The highest BCUT2D eigenvalue weighted by molar-refractivity contribution is 6.31. The maximum atomic E-state index is 8.92. The lowest BCUT2D eigenvalue weighted by Crippen LogP contribution is -2.03. The van der Waals surface area contributed by atoms with Gasteiger partial charge in [-0.1, -0.05) is 11.6 Å². The van der Waals surface area contributed by atoms with E-state index in [0.717, 1.165) is 11.1 Å². The van der Waals surface area contributed by atoms with Crippen molar-refractivity contribution in [2.75, 3.05) is 6.61 Å². The number of benzene rings is 1. The maximum absolute atomic E-state index is 8.92. The van der Waals surface area contributed by atoms with E-state index in [1.807, 2.05) is 19.9 Å². The normalized spacial score (nSPS) is 11.9. The van der Waals surface area contributed by atoms with Crippen LogP contribution in [0.5, 0.6) is 5.75 Å². The van der Waals surface area contributed by atoms with Gasteiger partial charge in [-0.2, -0.15) is 5.26 Å². The molecule has 0 fully saturated rings. The molecule has 1 unspecified atom stereocenters. The molecule has 0 aliphatic rings. The molecule has 0 bridgehead atoms. The van der Waals surface area contributed by atoms with Gasteiger partial charge in [0.2, 0.25) is 0 Å². The molecule has 0 aromatic heterocycles. The van der Waals surface area contributed by atoms with Gasteiger partial charge in [0.05, 0.1) is 18.6 Å². The Hall–Kier alpha value is -1.24. The van der Waals surface area contributed by atoms with Crippen LogP contribution in [0.4, 0.5) is 0 Å². The molecule has 4 heteroatoms. The Kier molecular flexibility index (Phi) is 4.60. The molecule has 2 N–H and O–H groups in total. The number of nitrogens with zero attached hydrogens (tertiary/aromatic N) is 1. The number of nitriles is 1. The van der Waals surface area contributed by atoms with E-state index in [0.29, 0.717) is 23.9 Å². The van der Waals surface area contributed by atoms with Crippen LogP contribution in [-0.4, -0.2) is 6.61 Å². The second kappa shape index (κ2) is 5.74. The van der Waals surface area contributed by atoms with E-state index in [1.54, 1.807) is 6.07 Å². The lowest BCUT2D eigenvalue weighted by molar-refractivity contribution is 0.335. The van der Waals surface area contributed by atoms with Crippen molar-refractivity contribution >= 4 is 11.6 Å². The summed E-state index contributed by atoms with van der Waals surface area (Å²) in [5.74, 6) is 0.451. The summed E-state index contributed by atoms with van der Waals surface area (Å²) in [7, 11) is 0. The average Bonchev–Trinajstić information content (AvgIpc) is 2.30. The van der Waals surface area contributed by atoms with Gasteiger partial charge in [0, 0.05) is 17.1 Å². The molecule has 0 saturated carbocycles. The van der Waals surface area contributed by atoms with E-state index in [1.165, 1.54) is 0 Å². The van der Waals surface area contributed by atoms with Crippen molar-refractivity contribution in [2.45, 2.75) is 26.3 Å². The van der Waals surface area contributed by atoms with Crippen molar-refractivity contribution in [3.8, 4) is 11.8 Å². The van der Waals surface area contributed by atoms with Gasteiger partial charge in [-0.05, 0) is 31.5 Å². The molecule has 1 aromatic carbocycles. The minimum Gasteiger partial charge on any atom is -0.494 e. The number of rotatable bonds is 4. The summed E-state index contributed by atoms with van der Waals surface area (Å²) < 4.78 is 5.49. The molecular formula is C12H15ClN2O. The summed E-state index contributed by atoms with van der Waals surface area (Å²) in [6, 6.07) is 5.76. The monoisotopic (exact) mass is 238 g/mol. The Labute approximate surface area is 101 Å². The first-order chi connectivity index (χ1) is 7.63. The Bertz CT molecular complexity index is 412. The third-order valence-corrected chi connectivity index (χ3v) is 2.71. The van der Waals surface area contributed by atoms with E-state index in [2.05, 4.69) is 6.07 Å². The predicted octanol–water partition coefficient (Wildman–Crippen LogP) is 2.82. The van der Waals surface area contributed by atoms with E-state index in [9.17, 15) is 0 Å². The lowest BCUT2D eigenvalue weighted by Gasteiger charge is -2.14. The van der Waals surface area contributed by atoms with Crippen LogP contribution in [0.25, 0.3) is 0 Å². The fourth-order valence-corrected chi connectivity index (χ4v) is 1.70. The van der Waals surface area contributed by atoms with Gasteiger partial charge in [-0.15, -0.1) is 0 Å². The van der Waals surface area contributed by atoms with Crippen molar-refractivity contribution in [1.82, 2.24) is 0 Å². The van der Waals surface area contributed by atoms with E-state index in [-0.39, 0.29) is 5.92 Å². The van der Waals surface area contributed by atoms with E-state index < -0.39 is 0 Å². The molecule has 0 aliphatic heterocycles. The topological polar surface area (TPSA) is 59.0 Å². The van der Waals surface area contributed by atoms with Crippen LogP contribution in [-0.2, 0) is 6.54 Å². The summed E-state index contributed by atoms with van der Waals surface area (Å²) in [4.78, 5) is 0. The smallest absolute Gasteiger partial charge is 0.124 e. The second-order valence-corrected chi connectivity index (χ2v) is 3.88. The van der Waals surface area contributed by atoms with E-state index >= 15 is 0 Å². The predicted molar refractivity (Wildman–Crippen MR) is 64.5 cm³/mol. The number of ether oxygens (including phenoxy) is 1. The Morgan fingerprint density at radius 3 is 2.75 bits per heavy atom. The fraction of sp³-hybridized carbons (Fsp3) is 0.417. The SMILES string of the molecule is CCOc1cc(CN)c(Cl)cc1C(C)C#N. The molecule has 0 saturated heterocycles. The van der Waals surface area contributed by atoms with Gasteiger partial charge >= 0.3 is 0 Å². The zero-order chi connectivity index (χ0) is 12.1. The van der Waals surface area contributed by atoms with Crippen LogP contribution in [0.1, 0.15) is 30.9 Å². The van der Waals surface area contributed by atoms with E-state index in [4.69, 9.17) is 27.3 Å². The number of hydrogen-bond donors (Lipinski definition) is 1. The highest BCUT2D eigenvalue weighted by Crippen LogP contribution is 2.32. The molecule has 1 rings (SSSR count). The first-order valence-corrected chi connectivity index (χ1v) is 5.56. The Balaban J connectivity index is 3.25. The van der Waals surface area contributed by atoms with Crippen molar-refractivity contribution in [2.24, 2.45) is 5.73 Å². The van der Waals surface area contributed by atoms with Crippen LogP contribution < -0.4 is 10.5 Å². The summed E-state index contributed by atoms with van der Waals surface area (Å²) in [6.07, 6.45) is 0. The van der Waals surface area contributed by atoms with Gasteiger partial charge < -0.3 is 10.5 Å². The van der Waals surface area contributed by atoms with Crippen molar-refractivity contribution < 1.29 is 4.74 Å². The van der Waals surface area contributed by atoms with Crippen LogP contribution in [0.3, 0.4) is 0 Å². The van der Waals surface area contributed by atoms with Crippen molar-refractivity contribution in [1.29, 1.82) is 5.26 Å². The molecule has 0 aliphatic carbocycles. The van der Waals surface area contributed by atoms with Gasteiger partial charge in [0.15, 0.2) is 0 Å². The quantitative estimate of drug-likeness (QED) is 0.878. The molecule has 0 heterocycles. The molecule has 16 heavy (non-hydrogen) atoms. The van der Waals surface area contributed by atoms with Gasteiger partial charge in [-0.3, -0.25) is 0 Å². The minimum absolute atomic E-state index is 0.245. The van der Waals surface area contributed by atoms with Gasteiger partial charge in [-0.25, -0.2) is 0 Å². The number of nitrogens with two attached hydrogens (primary N) is 1. The van der Waals surface area contributed by atoms with Crippen LogP contribution in [0.2, 0.25) is 5.02 Å². The highest BCUT2D eigenvalue weighted by atomic mass is 35.5. The molecule has 86 valence electrons. The summed E-state index contributed by atoms with van der Waals surface area (Å²) in [5, 5.41) is 9.51. The van der Waals surface area contributed by atoms with Crippen molar-refractivity contribution in [3.05, 3.63) is 28.3 Å². The highest BCUT2D eigenvalue weighted by Gasteiger charge is 2.14. The average molecular weight is 239 g/mol. The zero-order valence-electron chi connectivity index (χ0n) is 9.46. The van der Waals surface area contributed by atoms with Crippen molar-refractivity contribution in [3.63, 3.8) is 0 Å². The first kappa shape index (κ1) is 12.8.